The van der Waals surface area contributed by atoms with Gasteiger partial charge in [-0.3, -0.25) is 4.79 Å². The molecule has 3 rings (SSSR count). The first kappa shape index (κ1) is 19.6. The van der Waals surface area contributed by atoms with Crippen LogP contribution < -0.4 is 0 Å². The van der Waals surface area contributed by atoms with Gasteiger partial charge in [0, 0.05) is 32.6 Å². The van der Waals surface area contributed by atoms with Crippen molar-refractivity contribution < 1.29 is 27.5 Å². The molecule has 9 heteroatoms. The van der Waals surface area contributed by atoms with Crippen molar-refractivity contribution in [1.29, 1.82) is 0 Å². The average molecular weight is 396 g/mol. The number of sulfonamides is 1. The molecule has 0 bridgehead atoms. The zero-order valence-corrected chi connectivity index (χ0v) is 16.3. The van der Waals surface area contributed by atoms with E-state index in [0.717, 1.165) is 12.8 Å². The van der Waals surface area contributed by atoms with E-state index in [-0.39, 0.29) is 46.9 Å². The molecule has 0 saturated carbocycles. The molecule has 1 N–H and O–H groups in total. The van der Waals surface area contributed by atoms with Crippen molar-refractivity contribution in [3.63, 3.8) is 0 Å². The number of amides is 1. The summed E-state index contributed by atoms with van der Waals surface area (Å²) in [6.07, 6.45) is 6.58. The van der Waals surface area contributed by atoms with E-state index in [1.54, 1.807) is 4.90 Å². The third kappa shape index (κ3) is 3.79. The third-order valence-corrected chi connectivity index (χ3v) is 7.21. The summed E-state index contributed by atoms with van der Waals surface area (Å²) in [4.78, 5) is 25.3. The van der Waals surface area contributed by atoms with Crippen LogP contribution in [0.5, 0.6) is 0 Å². The van der Waals surface area contributed by atoms with Gasteiger partial charge in [0.2, 0.25) is 15.9 Å². The number of aryl methyl sites for hydroxylation is 2. The molecule has 1 aromatic heterocycles. The van der Waals surface area contributed by atoms with Crippen LogP contribution in [-0.4, -0.2) is 60.8 Å². The van der Waals surface area contributed by atoms with Gasteiger partial charge in [-0.1, -0.05) is 12.2 Å². The normalized spacial score (nSPS) is 21.0. The van der Waals surface area contributed by atoms with Crippen LogP contribution in [0.25, 0.3) is 0 Å². The minimum atomic E-state index is -4.01. The lowest BCUT2D eigenvalue weighted by Crippen LogP contribution is -2.50. The Morgan fingerprint density at radius 3 is 2.41 bits per heavy atom. The fourth-order valence-electron chi connectivity index (χ4n) is 3.75. The predicted molar refractivity (Wildman–Crippen MR) is 97.0 cm³/mol. The second-order valence-electron chi connectivity index (χ2n) is 6.98. The van der Waals surface area contributed by atoms with Crippen molar-refractivity contribution in [3.05, 3.63) is 29.2 Å². The predicted octanol–water partition coefficient (Wildman–Crippen LogP) is 1.78. The number of carbonyl (C=O) groups excluding carboxylic acids is 1. The first-order chi connectivity index (χ1) is 12.7. The summed E-state index contributed by atoms with van der Waals surface area (Å²) in [5.74, 6) is -0.895. The highest BCUT2D eigenvalue weighted by atomic mass is 32.2. The van der Waals surface area contributed by atoms with E-state index in [9.17, 15) is 23.1 Å². The summed E-state index contributed by atoms with van der Waals surface area (Å²) in [5.41, 5.74) is -0.320. The minimum Gasteiger partial charge on any atom is -0.478 e. The second kappa shape index (κ2) is 7.47. The molecule has 1 amide bonds. The standard InChI is InChI=1S/C18H24N2O6S/c1-12-16(18(22)23)17(13(2)26-12)27(24,25)20-9-7-19(8-10-20)15(21)11-14-5-3-4-6-14/h3,5,14H,4,6-11H2,1-2H3,(H,22,23). The molecule has 0 radical (unpaired) electrons. The maximum absolute atomic E-state index is 13.0. The maximum atomic E-state index is 13.0. The van der Waals surface area contributed by atoms with Crippen molar-refractivity contribution in [1.82, 2.24) is 9.21 Å². The van der Waals surface area contributed by atoms with Crippen LogP contribution in [0.4, 0.5) is 0 Å². The Kier molecular flexibility index (Phi) is 5.43. The molecule has 1 fully saturated rings. The van der Waals surface area contributed by atoms with E-state index in [4.69, 9.17) is 4.42 Å². The topological polar surface area (TPSA) is 108 Å². The van der Waals surface area contributed by atoms with Gasteiger partial charge < -0.3 is 14.4 Å². The number of aromatic carboxylic acids is 1. The van der Waals surface area contributed by atoms with Gasteiger partial charge >= 0.3 is 5.97 Å². The van der Waals surface area contributed by atoms with Crippen LogP contribution >= 0.6 is 0 Å². The minimum absolute atomic E-state index is 0.0326. The lowest BCUT2D eigenvalue weighted by molar-refractivity contribution is -0.133. The van der Waals surface area contributed by atoms with E-state index in [0.29, 0.717) is 19.5 Å². The molecule has 148 valence electrons. The van der Waals surface area contributed by atoms with E-state index < -0.39 is 16.0 Å². The molecular formula is C18H24N2O6S. The molecule has 1 unspecified atom stereocenters. The van der Waals surface area contributed by atoms with Gasteiger partial charge in [0.05, 0.1) is 0 Å². The summed E-state index contributed by atoms with van der Waals surface area (Å²) in [5, 5.41) is 9.37. The van der Waals surface area contributed by atoms with Gasteiger partial charge in [0.25, 0.3) is 0 Å². The lowest BCUT2D eigenvalue weighted by atomic mass is 10.0. The molecule has 1 atom stereocenters. The van der Waals surface area contributed by atoms with Crippen molar-refractivity contribution in [2.75, 3.05) is 26.2 Å². The number of furan rings is 1. The Labute approximate surface area is 158 Å². The van der Waals surface area contributed by atoms with Crippen LogP contribution in [0, 0.1) is 19.8 Å². The van der Waals surface area contributed by atoms with Gasteiger partial charge in [-0.05, 0) is 32.6 Å². The Bertz CT molecular complexity index is 878. The highest BCUT2D eigenvalue weighted by Crippen LogP contribution is 2.30. The number of rotatable bonds is 5. The fraction of sp³-hybridized carbons (Fsp3) is 0.556. The van der Waals surface area contributed by atoms with Gasteiger partial charge in [-0.2, -0.15) is 4.31 Å². The number of carboxylic acid groups (broad SMARTS) is 1. The summed E-state index contributed by atoms with van der Waals surface area (Å²) in [7, 11) is -4.01. The molecule has 1 saturated heterocycles. The first-order valence-electron chi connectivity index (χ1n) is 8.99. The number of allylic oxidation sites excluding steroid dienone is 2. The summed E-state index contributed by atoms with van der Waals surface area (Å²) in [6.45, 7) is 3.75. The quantitative estimate of drug-likeness (QED) is 0.760. The Morgan fingerprint density at radius 2 is 1.85 bits per heavy atom. The molecule has 1 aliphatic carbocycles. The van der Waals surface area contributed by atoms with Crippen molar-refractivity contribution >= 4 is 21.9 Å². The van der Waals surface area contributed by atoms with E-state index in [1.807, 2.05) is 0 Å². The molecule has 2 heterocycles. The zero-order valence-electron chi connectivity index (χ0n) is 15.5. The van der Waals surface area contributed by atoms with Gasteiger partial charge in [0.1, 0.15) is 22.0 Å². The molecular weight excluding hydrogens is 372 g/mol. The van der Waals surface area contributed by atoms with Crippen LogP contribution in [0.1, 0.15) is 41.1 Å². The molecule has 0 aromatic carbocycles. The Hall–Kier alpha value is -2.13. The maximum Gasteiger partial charge on any atom is 0.340 e. The number of hydrogen-bond donors (Lipinski definition) is 1. The average Bonchev–Trinajstić information content (AvgIpc) is 3.22. The Morgan fingerprint density at radius 1 is 1.19 bits per heavy atom. The summed E-state index contributed by atoms with van der Waals surface area (Å²) >= 11 is 0. The second-order valence-corrected chi connectivity index (χ2v) is 8.85. The molecule has 27 heavy (non-hydrogen) atoms. The van der Waals surface area contributed by atoms with E-state index in [2.05, 4.69) is 12.2 Å². The molecule has 2 aliphatic rings. The molecule has 8 nitrogen and oxygen atoms in total. The van der Waals surface area contributed by atoms with Crippen molar-refractivity contribution in [2.45, 2.75) is 38.0 Å². The summed E-state index contributed by atoms with van der Waals surface area (Å²) < 4.78 is 32.5. The lowest BCUT2D eigenvalue weighted by Gasteiger charge is -2.34. The highest BCUT2D eigenvalue weighted by Gasteiger charge is 2.37. The van der Waals surface area contributed by atoms with E-state index >= 15 is 0 Å². The van der Waals surface area contributed by atoms with Crippen LogP contribution in [0.3, 0.4) is 0 Å². The van der Waals surface area contributed by atoms with E-state index in [1.165, 1.54) is 18.2 Å². The van der Waals surface area contributed by atoms with Gasteiger partial charge in [0.15, 0.2) is 0 Å². The number of nitrogens with zero attached hydrogens (tertiary/aromatic N) is 2. The zero-order chi connectivity index (χ0) is 19.8. The number of carboxylic acids is 1. The summed E-state index contributed by atoms with van der Waals surface area (Å²) in [6, 6.07) is 0. The highest BCUT2D eigenvalue weighted by molar-refractivity contribution is 7.89. The van der Waals surface area contributed by atoms with Crippen LogP contribution in [0.2, 0.25) is 0 Å². The van der Waals surface area contributed by atoms with Crippen LogP contribution in [-0.2, 0) is 14.8 Å². The SMILES string of the molecule is Cc1oc(C)c(S(=O)(=O)N2CCN(C(=O)CC3C=CCC3)CC2)c1C(=O)O. The molecule has 1 aliphatic heterocycles. The fourth-order valence-corrected chi connectivity index (χ4v) is 5.54. The van der Waals surface area contributed by atoms with Gasteiger partial charge in [-0.25, -0.2) is 13.2 Å². The van der Waals surface area contributed by atoms with Gasteiger partial charge in [-0.15, -0.1) is 0 Å². The van der Waals surface area contributed by atoms with Crippen LogP contribution in [0.15, 0.2) is 21.5 Å². The number of carbonyl (C=O) groups is 2. The largest absolute Gasteiger partial charge is 0.478 e. The first-order valence-corrected chi connectivity index (χ1v) is 10.4. The molecule has 0 spiro atoms. The number of piperazine rings is 1. The number of hydrogen-bond acceptors (Lipinski definition) is 5. The third-order valence-electron chi connectivity index (χ3n) is 5.16. The Balaban J connectivity index is 1.71. The monoisotopic (exact) mass is 396 g/mol. The van der Waals surface area contributed by atoms with Crippen molar-refractivity contribution in [3.8, 4) is 0 Å². The van der Waals surface area contributed by atoms with Crippen molar-refractivity contribution in [2.24, 2.45) is 5.92 Å². The smallest absolute Gasteiger partial charge is 0.340 e. The molecule has 1 aromatic rings.